The standard InChI is InChI=1S/C10H10N2/c1-8(2)9-5-7-12-10(9)4-3-6-11-12/h3-7H,1H2,2H3. The first kappa shape index (κ1) is 7.10. The molecule has 0 amide bonds. The van der Waals surface area contributed by atoms with E-state index in [2.05, 4.69) is 11.7 Å². The van der Waals surface area contributed by atoms with E-state index in [1.54, 1.807) is 6.20 Å². The molecule has 2 heterocycles. The molecule has 2 aromatic rings. The summed E-state index contributed by atoms with van der Waals surface area (Å²) in [5.74, 6) is 0. The summed E-state index contributed by atoms with van der Waals surface area (Å²) in [4.78, 5) is 0. The maximum Gasteiger partial charge on any atom is 0.0721 e. The monoisotopic (exact) mass is 158 g/mol. The Morgan fingerprint density at radius 1 is 1.50 bits per heavy atom. The summed E-state index contributed by atoms with van der Waals surface area (Å²) in [6.07, 6.45) is 3.72. The van der Waals surface area contributed by atoms with Gasteiger partial charge < -0.3 is 0 Å². The maximum absolute atomic E-state index is 4.16. The van der Waals surface area contributed by atoms with Crippen LogP contribution in [0.25, 0.3) is 11.1 Å². The first-order valence-corrected chi connectivity index (χ1v) is 3.87. The van der Waals surface area contributed by atoms with Crippen molar-refractivity contribution in [1.29, 1.82) is 0 Å². The predicted octanol–water partition coefficient (Wildman–Crippen LogP) is 2.37. The van der Waals surface area contributed by atoms with Gasteiger partial charge in [-0.1, -0.05) is 6.58 Å². The minimum absolute atomic E-state index is 1.07. The van der Waals surface area contributed by atoms with Gasteiger partial charge in [-0.05, 0) is 30.7 Å². The summed E-state index contributed by atoms with van der Waals surface area (Å²) in [7, 11) is 0. The molecule has 0 bridgehead atoms. The molecule has 0 saturated heterocycles. The van der Waals surface area contributed by atoms with E-state index in [4.69, 9.17) is 0 Å². The van der Waals surface area contributed by atoms with Gasteiger partial charge in [0, 0.05) is 18.0 Å². The van der Waals surface area contributed by atoms with Crippen LogP contribution in [0.4, 0.5) is 0 Å². The normalized spacial score (nSPS) is 10.4. The minimum atomic E-state index is 1.07. The van der Waals surface area contributed by atoms with E-state index >= 15 is 0 Å². The van der Waals surface area contributed by atoms with Crippen LogP contribution in [0.15, 0.2) is 37.2 Å². The van der Waals surface area contributed by atoms with Crippen molar-refractivity contribution in [2.45, 2.75) is 6.92 Å². The van der Waals surface area contributed by atoms with Crippen LogP contribution < -0.4 is 0 Å². The van der Waals surface area contributed by atoms with Crippen molar-refractivity contribution in [3.05, 3.63) is 42.7 Å². The fraction of sp³-hybridized carbons (Fsp3) is 0.100. The summed E-state index contributed by atoms with van der Waals surface area (Å²) in [6.45, 7) is 5.91. The van der Waals surface area contributed by atoms with Crippen molar-refractivity contribution in [2.24, 2.45) is 0 Å². The van der Waals surface area contributed by atoms with E-state index < -0.39 is 0 Å². The Bertz CT molecular complexity index is 426. The Kier molecular flexibility index (Phi) is 1.47. The molecular formula is C10H10N2. The van der Waals surface area contributed by atoms with Crippen molar-refractivity contribution < 1.29 is 0 Å². The Hall–Kier alpha value is -1.57. The zero-order valence-electron chi connectivity index (χ0n) is 6.99. The average molecular weight is 158 g/mol. The van der Waals surface area contributed by atoms with Crippen molar-refractivity contribution in [1.82, 2.24) is 9.61 Å². The first-order chi connectivity index (χ1) is 5.79. The number of fused-ring (bicyclic) bond motifs is 1. The van der Waals surface area contributed by atoms with Crippen LogP contribution >= 0.6 is 0 Å². The lowest BCUT2D eigenvalue weighted by Crippen LogP contribution is -1.86. The number of allylic oxidation sites excluding steroid dienone is 1. The molecule has 2 heteroatoms. The van der Waals surface area contributed by atoms with E-state index in [-0.39, 0.29) is 0 Å². The number of hydrogen-bond donors (Lipinski definition) is 0. The van der Waals surface area contributed by atoms with Crippen molar-refractivity contribution in [2.75, 3.05) is 0 Å². The summed E-state index contributed by atoms with van der Waals surface area (Å²) >= 11 is 0. The van der Waals surface area contributed by atoms with Gasteiger partial charge in [0.2, 0.25) is 0 Å². The third kappa shape index (κ3) is 0.925. The zero-order chi connectivity index (χ0) is 8.55. The van der Waals surface area contributed by atoms with Gasteiger partial charge in [-0.2, -0.15) is 5.10 Å². The Morgan fingerprint density at radius 2 is 2.33 bits per heavy atom. The molecule has 12 heavy (non-hydrogen) atoms. The highest BCUT2D eigenvalue weighted by Crippen LogP contribution is 2.17. The van der Waals surface area contributed by atoms with Crippen molar-refractivity contribution in [3.63, 3.8) is 0 Å². The molecule has 0 fully saturated rings. The van der Waals surface area contributed by atoms with Crippen molar-refractivity contribution in [3.8, 4) is 0 Å². The molecule has 0 aliphatic rings. The highest BCUT2D eigenvalue weighted by molar-refractivity contribution is 5.76. The second-order valence-electron chi connectivity index (χ2n) is 2.86. The average Bonchev–Trinajstić information content (AvgIpc) is 2.47. The molecule has 2 aromatic heterocycles. The summed E-state index contributed by atoms with van der Waals surface area (Å²) in [5, 5.41) is 4.16. The predicted molar refractivity (Wildman–Crippen MR) is 49.9 cm³/mol. The fourth-order valence-corrected chi connectivity index (χ4v) is 1.31. The molecule has 2 nitrogen and oxygen atoms in total. The molecule has 0 spiro atoms. The molecule has 0 unspecified atom stereocenters. The summed E-state index contributed by atoms with van der Waals surface area (Å²) < 4.78 is 1.85. The van der Waals surface area contributed by atoms with E-state index in [1.165, 1.54) is 5.56 Å². The van der Waals surface area contributed by atoms with Crippen molar-refractivity contribution >= 4 is 11.1 Å². The van der Waals surface area contributed by atoms with Crippen LogP contribution in [0.3, 0.4) is 0 Å². The van der Waals surface area contributed by atoms with Gasteiger partial charge in [0.1, 0.15) is 0 Å². The van der Waals surface area contributed by atoms with Crippen LogP contribution in [0.5, 0.6) is 0 Å². The third-order valence-electron chi connectivity index (χ3n) is 1.90. The largest absolute Gasteiger partial charge is 0.240 e. The Morgan fingerprint density at radius 3 is 3.08 bits per heavy atom. The summed E-state index contributed by atoms with van der Waals surface area (Å²) in [5.41, 5.74) is 3.36. The van der Waals surface area contributed by atoms with E-state index in [9.17, 15) is 0 Å². The molecule has 0 aromatic carbocycles. The topological polar surface area (TPSA) is 17.3 Å². The molecular weight excluding hydrogens is 148 g/mol. The van der Waals surface area contributed by atoms with Gasteiger partial charge in [-0.3, -0.25) is 0 Å². The van der Waals surface area contributed by atoms with Crippen LogP contribution in [0, 0.1) is 0 Å². The van der Waals surface area contributed by atoms with Gasteiger partial charge in [-0.15, -0.1) is 0 Å². The maximum atomic E-state index is 4.16. The van der Waals surface area contributed by atoms with Gasteiger partial charge in [-0.25, -0.2) is 4.52 Å². The molecule has 0 N–H and O–H groups in total. The molecule has 0 radical (unpaired) electrons. The first-order valence-electron chi connectivity index (χ1n) is 3.87. The zero-order valence-corrected chi connectivity index (χ0v) is 6.99. The van der Waals surface area contributed by atoms with Crippen LogP contribution in [0.2, 0.25) is 0 Å². The highest BCUT2D eigenvalue weighted by atomic mass is 15.2. The summed E-state index contributed by atoms with van der Waals surface area (Å²) in [6, 6.07) is 6.00. The molecule has 0 saturated carbocycles. The second kappa shape index (κ2) is 2.48. The molecule has 0 aliphatic heterocycles. The SMILES string of the molecule is C=C(C)c1ccn2ncccc12. The molecule has 0 aliphatic carbocycles. The van der Waals surface area contributed by atoms with Gasteiger partial charge in [0.15, 0.2) is 0 Å². The van der Waals surface area contributed by atoms with Crippen LogP contribution in [-0.2, 0) is 0 Å². The molecule has 60 valence electrons. The lowest BCUT2D eigenvalue weighted by Gasteiger charge is -1.96. The van der Waals surface area contributed by atoms with E-state index in [0.717, 1.165) is 11.1 Å². The Balaban J connectivity index is 2.79. The minimum Gasteiger partial charge on any atom is -0.240 e. The molecule has 2 rings (SSSR count). The third-order valence-corrected chi connectivity index (χ3v) is 1.90. The number of nitrogens with zero attached hydrogens (tertiary/aromatic N) is 2. The van der Waals surface area contributed by atoms with E-state index in [0.29, 0.717) is 0 Å². The number of rotatable bonds is 1. The van der Waals surface area contributed by atoms with E-state index in [1.807, 2.05) is 35.8 Å². The second-order valence-corrected chi connectivity index (χ2v) is 2.86. The lowest BCUT2D eigenvalue weighted by atomic mass is 10.1. The highest BCUT2D eigenvalue weighted by Gasteiger charge is 2.00. The fourth-order valence-electron chi connectivity index (χ4n) is 1.31. The van der Waals surface area contributed by atoms with Gasteiger partial charge in [0.25, 0.3) is 0 Å². The number of hydrogen-bond acceptors (Lipinski definition) is 1. The van der Waals surface area contributed by atoms with Gasteiger partial charge >= 0.3 is 0 Å². The number of aromatic nitrogens is 2. The van der Waals surface area contributed by atoms with Gasteiger partial charge in [0.05, 0.1) is 5.52 Å². The Labute approximate surface area is 71.1 Å². The van der Waals surface area contributed by atoms with Crippen LogP contribution in [0.1, 0.15) is 12.5 Å². The quantitative estimate of drug-likeness (QED) is 0.622. The molecule has 0 atom stereocenters. The lowest BCUT2D eigenvalue weighted by molar-refractivity contribution is 0.941. The van der Waals surface area contributed by atoms with Crippen LogP contribution in [-0.4, -0.2) is 9.61 Å². The smallest absolute Gasteiger partial charge is 0.0721 e.